The van der Waals surface area contributed by atoms with Crippen LogP contribution in [0.15, 0.2) is 23.0 Å². The Morgan fingerprint density at radius 2 is 2.10 bits per heavy atom. The molecule has 6 heteroatoms. The topological polar surface area (TPSA) is 82.6 Å². The zero-order chi connectivity index (χ0) is 15.6. The minimum absolute atomic E-state index is 0.229. The second-order valence-electron chi connectivity index (χ2n) is 5.12. The van der Waals surface area contributed by atoms with E-state index in [1.54, 1.807) is 25.1 Å². The summed E-state index contributed by atoms with van der Waals surface area (Å²) in [5.74, 6) is -0.676. The van der Waals surface area contributed by atoms with Gasteiger partial charge in [-0.1, -0.05) is 0 Å². The average Bonchev–Trinajstić information content (AvgIpc) is 2.38. The highest BCUT2D eigenvalue weighted by atomic mass is 16.5. The molecule has 1 heterocycles. The molecule has 0 spiro atoms. The molecular weight excluding hydrogens is 272 g/mol. The predicted molar refractivity (Wildman–Crippen MR) is 80.3 cm³/mol. The molecule has 0 aliphatic heterocycles. The molecular formula is C15H18N2O4. The fourth-order valence-electron chi connectivity index (χ4n) is 2.08. The maximum Gasteiger partial charge on any atom is 0.341 e. The standard InChI is InChI=1S/C15H18N2O4/c1-9-13(15(19)20)14(18)11-8-10(4-5-12(11)16-9)21-7-6-17(2)3/h4-5,8H,6-7H2,1-3H3,(H,16,18)(H,19,20). The van der Waals surface area contributed by atoms with E-state index in [4.69, 9.17) is 9.84 Å². The molecule has 0 aliphatic carbocycles. The molecule has 2 N–H and O–H groups in total. The first kappa shape index (κ1) is 15.1. The van der Waals surface area contributed by atoms with Gasteiger partial charge in [-0.15, -0.1) is 0 Å². The third-order valence-electron chi connectivity index (χ3n) is 3.18. The van der Waals surface area contributed by atoms with Crippen LogP contribution >= 0.6 is 0 Å². The van der Waals surface area contributed by atoms with Gasteiger partial charge in [0.15, 0.2) is 0 Å². The van der Waals surface area contributed by atoms with Crippen molar-refractivity contribution in [3.63, 3.8) is 0 Å². The Morgan fingerprint density at radius 3 is 2.71 bits per heavy atom. The number of carboxylic acids is 1. The summed E-state index contributed by atoms with van der Waals surface area (Å²) in [5.41, 5.74) is 0.225. The molecule has 0 unspecified atom stereocenters. The second kappa shape index (κ2) is 5.97. The molecule has 0 fully saturated rings. The highest BCUT2D eigenvalue weighted by molar-refractivity contribution is 5.94. The fourth-order valence-corrected chi connectivity index (χ4v) is 2.08. The first-order valence-electron chi connectivity index (χ1n) is 6.57. The van der Waals surface area contributed by atoms with Crippen LogP contribution in [-0.4, -0.2) is 48.2 Å². The summed E-state index contributed by atoms with van der Waals surface area (Å²) < 4.78 is 5.57. The number of aromatic carboxylic acids is 1. The number of aryl methyl sites for hydroxylation is 1. The largest absolute Gasteiger partial charge is 0.492 e. The van der Waals surface area contributed by atoms with Crippen molar-refractivity contribution in [1.82, 2.24) is 9.88 Å². The van der Waals surface area contributed by atoms with Crippen molar-refractivity contribution in [2.45, 2.75) is 6.92 Å². The van der Waals surface area contributed by atoms with E-state index in [2.05, 4.69) is 4.98 Å². The van der Waals surface area contributed by atoms with E-state index in [9.17, 15) is 9.59 Å². The third-order valence-corrected chi connectivity index (χ3v) is 3.18. The molecule has 0 bridgehead atoms. The minimum Gasteiger partial charge on any atom is -0.492 e. The van der Waals surface area contributed by atoms with Gasteiger partial charge in [0.25, 0.3) is 0 Å². The van der Waals surface area contributed by atoms with Crippen molar-refractivity contribution in [3.8, 4) is 5.75 Å². The number of aromatic nitrogens is 1. The zero-order valence-corrected chi connectivity index (χ0v) is 12.3. The SMILES string of the molecule is Cc1[nH]c2ccc(OCCN(C)C)cc2c(=O)c1C(=O)O. The number of carbonyl (C=O) groups is 1. The molecule has 2 rings (SSSR count). The molecule has 0 aliphatic rings. The quantitative estimate of drug-likeness (QED) is 0.871. The van der Waals surface area contributed by atoms with Gasteiger partial charge < -0.3 is 19.7 Å². The molecule has 1 aromatic carbocycles. The monoisotopic (exact) mass is 290 g/mol. The number of ether oxygens (including phenoxy) is 1. The second-order valence-corrected chi connectivity index (χ2v) is 5.12. The van der Waals surface area contributed by atoms with Crippen molar-refractivity contribution in [1.29, 1.82) is 0 Å². The van der Waals surface area contributed by atoms with Crippen LogP contribution < -0.4 is 10.2 Å². The van der Waals surface area contributed by atoms with Crippen molar-refractivity contribution in [2.75, 3.05) is 27.2 Å². The Kier molecular flexibility index (Phi) is 4.28. The van der Waals surface area contributed by atoms with Crippen LogP contribution in [0, 0.1) is 6.92 Å². The number of likely N-dealkylation sites (N-methyl/N-ethyl adjacent to an activating group) is 1. The van der Waals surface area contributed by atoms with E-state index in [1.807, 2.05) is 19.0 Å². The number of pyridine rings is 1. The molecule has 0 atom stereocenters. The van der Waals surface area contributed by atoms with Gasteiger partial charge in [0.05, 0.1) is 5.39 Å². The van der Waals surface area contributed by atoms with E-state index in [1.165, 1.54) is 0 Å². The molecule has 2 aromatic rings. The molecule has 112 valence electrons. The number of nitrogens with zero attached hydrogens (tertiary/aromatic N) is 1. The van der Waals surface area contributed by atoms with Gasteiger partial charge in [-0.05, 0) is 39.2 Å². The smallest absolute Gasteiger partial charge is 0.341 e. The summed E-state index contributed by atoms with van der Waals surface area (Å²) in [7, 11) is 3.88. The van der Waals surface area contributed by atoms with Gasteiger partial charge >= 0.3 is 5.97 Å². The third kappa shape index (κ3) is 3.22. The molecule has 1 aromatic heterocycles. The van der Waals surface area contributed by atoms with E-state index in [0.717, 1.165) is 6.54 Å². The maximum atomic E-state index is 12.3. The van der Waals surface area contributed by atoms with Gasteiger partial charge in [-0.3, -0.25) is 4.79 Å². The number of hydrogen-bond donors (Lipinski definition) is 2. The van der Waals surface area contributed by atoms with Crippen molar-refractivity contribution in [3.05, 3.63) is 39.7 Å². The summed E-state index contributed by atoms with van der Waals surface area (Å²) in [6.45, 7) is 2.82. The van der Waals surface area contributed by atoms with E-state index < -0.39 is 11.4 Å². The van der Waals surface area contributed by atoms with Crippen molar-refractivity contribution >= 4 is 16.9 Å². The summed E-state index contributed by atoms with van der Waals surface area (Å²) in [4.78, 5) is 28.3. The van der Waals surface area contributed by atoms with E-state index in [-0.39, 0.29) is 5.56 Å². The van der Waals surface area contributed by atoms with Crippen LogP contribution in [0.1, 0.15) is 16.1 Å². The summed E-state index contributed by atoms with van der Waals surface area (Å²) in [6.07, 6.45) is 0. The number of rotatable bonds is 5. The van der Waals surface area contributed by atoms with Gasteiger partial charge in [0.2, 0.25) is 5.43 Å². The molecule has 6 nitrogen and oxygen atoms in total. The minimum atomic E-state index is -1.23. The summed E-state index contributed by atoms with van der Waals surface area (Å²) >= 11 is 0. The van der Waals surface area contributed by atoms with Gasteiger partial charge in [-0.2, -0.15) is 0 Å². The molecule has 0 saturated heterocycles. The van der Waals surface area contributed by atoms with Gasteiger partial charge in [0.1, 0.15) is 17.9 Å². The highest BCUT2D eigenvalue weighted by Gasteiger charge is 2.15. The molecule has 0 amide bonds. The Hall–Kier alpha value is -2.34. The highest BCUT2D eigenvalue weighted by Crippen LogP contribution is 2.18. The van der Waals surface area contributed by atoms with E-state index in [0.29, 0.717) is 29.0 Å². The Labute approximate surface area is 122 Å². The van der Waals surface area contributed by atoms with Gasteiger partial charge in [-0.25, -0.2) is 4.79 Å². The first-order chi connectivity index (χ1) is 9.90. The lowest BCUT2D eigenvalue weighted by atomic mass is 10.1. The zero-order valence-electron chi connectivity index (χ0n) is 12.3. The number of carboxylic acid groups (broad SMARTS) is 1. The Balaban J connectivity index is 2.42. The lowest BCUT2D eigenvalue weighted by Gasteiger charge is -2.11. The van der Waals surface area contributed by atoms with E-state index >= 15 is 0 Å². The van der Waals surface area contributed by atoms with Gasteiger partial charge in [0, 0.05) is 17.8 Å². The van der Waals surface area contributed by atoms with Crippen molar-refractivity contribution in [2.24, 2.45) is 0 Å². The predicted octanol–water partition coefficient (Wildman–Crippen LogP) is 1.48. The van der Waals surface area contributed by atoms with Crippen LogP contribution in [0.4, 0.5) is 0 Å². The number of nitrogens with one attached hydrogen (secondary N) is 1. The average molecular weight is 290 g/mol. The number of benzene rings is 1. The molecule has 0 saturated carbocycles. The van der Waals surface area contributed by atoms with Crippen LogP contribution in [0.25, 0.3) is 10.9 Å². The normalized spacial score (nSPS) is 11.0. The number of fused-ring (bicyclic) bond motifs is 1. The Bertz CT molecular complexity index is 734. The molecule has 21 heavy (non-hydrogen) atoms. The van der Waals surface area contributed by atoms with Crippen LogP contribution in [0.3, 0.4) is 0 Å². The van der Waals surface area contributed by atoms with Crippen LogP contribution in [-0.2, 0) is 0 Å². The van der Waals surface area contributed by atoms with Crippen LogP contribution in [0.5, 0.6) is 5.75 Å². The Morgan fingerprint density at radius 1 is 1.38 bits per heavy atom. The number of hydrogen-bond acceptors (Lipinski definition) is 4. The maximum absolute atomic E-state index is 12.3. The van der Waals surface area contributed by atoms with Crippen molar-refractivity contribution < 1.29 is 14.6 Å². The molecule has 0 radical (unpaired) electrons. The first-order valence-corrected chi connectivity index (χ1v) is 6.57. The lowest BCUT2D eigenvalue weighted by Crippen LogP contribution is -2.20. The lowest BCUT2D eigenvalue weighted by molar-refractivity contribution is 0.0694. The number of H-pyrrole nitrogens is 1. The fraction of sp³-hybridized carbons (Fsp3) is 0.333. The van der Waals surface area contributed by atoms with Crippen LogP contribution in [0.2, 0.25) is 0 Å². The summed E-state index contributed by atoms with van der Waals surface area (Å²) in [5, 5.41) is 9.44. The number of aromatic amines is 1. The summed E-state index contributed by atoms with van der Waals surface area (Å²) in [6, 6.07) is 5.06.